The minimum absolute atomic E-state index is 0.0942. The Kier molecular flexibility index (Phi) is 5.31. The number of carbonyl (C=O) groups is 1. The molecule has 0 aliphatic carbocycles. The summed E-state index contributed by atoms with van der Waals surface area (Å²) in [6, 6.07) is 13.2. The summed E-state index contributed by atoms with van der Waals surface area (Å²) in [5.74, 6) is 0.410. The van der Waals surface area contributed by atoms with Crippen LogP contribution >= 0.6 is 11.6 Å². The predicted molar refractivity (Wildman–Crippen MR) is 85.2 cm³/mol. The summed E-state index contributed by atoms with van der Waals surface area (Å²) in [5, 5.41) is 3.33. The van der Waals surface area contributed by atoms with E-state index in [1.54, 1.807) is 12.1 Å². The van der Waals surface area contributed by atoms with E-state index in [0.29, 0.717) is 17.4 Å². The van der Waals surface area contributed by atoms with E-state index in [2.05, 4.69) is 10.3 Å². The lowest BCUT2D eigenvalue weighted by molar-refractivity contribution is -0.120. The van der Waals surface area contributed by atoms with Gasteiger partial charge in [-0.3, -0.25) is 9.69 Å². The number of nitrogens with zero attached hydrogens (tertiary/aromatic N) is 2. The first kappa shape index (κ1) is 15.5. The van der Waals surface area contributed by atoms with E-state index in [1.807, 2.05) is 49.2 Å². The third-order valence-electron chi connectivity index (χ3n) is 3.29. The topological polar surface area (TPSA) is 45.2 Å². The number of amides is 1. The number of carbonyl (C=O) groups excluding carboxylic acids is 1. The number of hydrogen-bond acceptors (Lipinski definition) is 3. The molecule has 110 valence electrons. The lowest BCUT2D eigenvalue weighted by Crippen LogP contribution is -2.39. The Hall–Kier alpha value is -1.91. The van der Waals surface area contributed by atoms with Crippen molar-refractivity contribution in [3.8, 4) is 0 Å². The van der Waals surface area contributed by atoms with Crippen LogP contribution in [0.1, 0.15) is 12.5 Å². The number of halogens is 1. The van der Waals surface area contributed by atoms with Crippen LogP contribution in [0.15, 0.2) is 48.7 Å². The van der Waals surface area contributed by atoms with Crippen molar-refractivity contribution in [2.75, 3.05) is 12.4 Å². The van der Waals surface area contributed by atoms with Crippen molar-refractivity contribution in [1.29, 1.82) is 0 Å². The van der Waals surface area contributed by atoms with Gasteiger partial charge in [-0.2, -0.15) is 0 Å². The zero-order valence-electron chi connectivity index (χ0n) is 12.1. The zero-order chi connectivity index (χ0) is 15.2. The monoisotopic (exact) mass is 303 g/mol. The maximum absolute atomic E-state index is 12.2. The summed E-state index contributed by atoms with van der Waals surface area (Å²) >= 11 is 5.77. The number of anilines is 1. The van der Waals surface area contributed by atoms with E-state index in [4.69, 9.17) is 11.6 Å². The summed E-state index contributed by atoms with van der Waals surface area (Å²) in [4.78, 5) is 18.3. The van der Waals surface area contributed by atoms with E-state index >= 15 is 0 Å². The van der Waals surface area contributed by atoms with E-state index < -0.39 is 0 Å². The Morgan fingerprint density at radius 3 is 2.62 bits per heavy atom. The maximum atomic E-state index is 12.2. The fourth-order valence-electron chi connectivity index (χ4n) is 1.89. The van der Waals surface area contributed by atoms with E-state index in [1.165, 1.54) is 11.8 Å². The van der Waals surface area contributed by atoms with Gasteiger partial charge in [-0.25, -0.2) is 4.98 Å². The molecule has 1 heterocycles. The molecule has 1 unspecified atom stereocenters. The first-order chi connectivity index (χ1) is 10.1. The molecule has 1 amide bonds. The smallest absolute Gasteiger partial charge is 0.242 e. The van der Waals surface area contributed by atoms with Gasteiger partial charge in [0.15, 0.2) is 0 Å². The quantitative estimate of drug-likeness (QED) is 0.922. The van der Waals surface area contributed by atoms with Crippen LogP contribution < -0.4 is 5.32 Å². The summed E-state index contributed by atoms with van der Waals surface area (Å²) in [5.41, 5.74) is 1.17. The number of likely N-dealkylation sites (N-methyl/N-ethyl adjacent to an activating group) is 1. The molecule has 21 heavy (non-hydrogen) atoms. The van der Waals surface area contributed by atoms with Gasteiger partial charge in [0.2, 0.25) is 5.91 Å². The molecule has 4 nitrogen and oxygen atoms in total. The minimum atomic E-state index is -0.261. The first-order valence-corrected chi connectivity index (χ1v) is 7.10. The van der Waals surface area contributed by atoms with Gasteiger partial charge in [-0.05, 0) is 31.7 Å². The molecule has 0 saturated carbocycles. The van der Waals surface area contributed by atoms with Gasteiger partial charge in [-0.15, -0.1) is 0 Å². The molecular formula is C16H18ClN3O. The van der Waals surface area contributed by atoms with Crippen molar-refractivity contribution >= 4 is 23.3 Å². The van der Waals surface area contributed by atoms with Crippen LogP contribution in [-0.2, 0) is 11.3 Å². The molecule has 2 rings (SSSR count). The highest BCUT2D eigenvalue weighted by Gasteiger charge is 2.18. The number of pyridine rings is 1. The predicted octanol–water partition coefficient (Wildman–Crippen LogP) is 3.19. The largest absolute Gasteiger partial charge is 0.309 e. The summed E-state index contributed by atoms with van der Waals surface area (Å²) in [6.45, 7) is 2.58. The molecule has 0 saturated heterocycles. The van der Waals surface area contributed by atoms with Gasteiger partial charge in [-0.1, -0.05) is 41.9 Å². The molecule has 0 fully saturated rings. The van der Waals surface area contributed by atoms with Crippen LogP contribution in [0, 0.1) is 0 Å². The average Bonchev–Trinajstić information content (AvgIpc) is 2.49. The number of benzene rings is 1. The van der Waals surface area contributed by atoms with Crippen molar-refractivity contribution < 1.29 is 4.79 Å². The lowest BCUT2D eigenvalue weighted by Gasteiger charge is -2.23. The van der Waals surface area contributed by atoms with Crippen LogP contribution in [-0.4, -0.2) is 28.9 Å². The Balaban J connectivity index is 1.93. The standard InChI is InChI=1S/C16H18ClN3O/c1-12(20(2)11-13-6-4-3-5-7-13)16(21)19-15-9-8-14(17)10-18-15/h3-10,12H,11H2,1-2H3,(H,18,19,21). The SMILES string of the molecule is CC(C(=O)Nc1ccc(Cl)cn1)N(C)Cc1ccccc1. The second-order valence-electron chi connectivity index (χ2n) is 4.93. The van der Waals surface area contributed by atoms with Gasteiger partial charge in [0.05, 0.1) is 11.1 Å². The molecule has 1 aromatic heterocycles. The third kappa shape index (κ3) is 4.55. The van der Waals surface area contributed by atoms with E-state index in [0.717, 1.165) is 0 Å². The van der Waals surface area contributed by atoms with Gasteiger partial charge in [0.1, 0.15) is 5.82 Å². The molecule has 1 aromatic carbocycles. The molecule has 0 spiro atoms. The van der Waals surface area contributed by atoms with E-state index in [-0.39, 0.29) is 11.9 Å². The van der Waals surface area contributed by atoms with Crippen LogP contribution in [0.5, 0.6) is 0 Å². The second-order valence-corrected chi connectivity index (χ2v) is 5.36. The summed E-state index contributed by atoms with van der Waals surface area (Å²) in [7, 11) is 1.92. The molecule has 2 aromatic rings. The molecule has 0 radical (unpaired) electrons. The van der Waals surface area contributed by atoms with Crippen molar-refractivity contribution in [3.63, 3.8) is 0 Å². The Labute approximate surface area is 129 Å². The van der Waals surface area contributed by atoms with Gasteiger partial charge in [0.25, 0.3) is 0 Å². The number of nitrogens with one attached hydrogen (secondary N) is 1. The number of hydrogen-bond donors (Lipinski definition) is 1. The second kappa shape index (κ2) is 7.20. The molecular weight excluding hydrogens is 286 g/mol. The molecule has 5 heteroatoms. The molecule has 1 N–H and O–H groups in total. The van der Waals surface area contributed by atoms with Crippen LogP contribution in [0.4, 0.5) is 5.82 Å². The van der Waals surface area contributed by atoms with E-state index in [9.17, 15) is 4.79 Å². The molecule has 1 atom stereocenters. The fourth-order valence-corrected chi connectivity index (χ4v) is 2.00. The van der Waals surface area contributed by atoms with Gasteiger partial charge >= 0.3 is 0 Å². The average molecular weight is 304 g/mol. The van der Waals surface area contributed by atoms with Gasteiger partial charge in [0, 0.05) is 12.7 Å². The van der Waals surface area contributed by atoms with Gasteiger partial charge < -0.3 is 5.32 Å². The first-order valence-electron chi connectivity index (χ1n) is 6.73. The van der Waals surface area contributed by atoms with Crippen LogP contribution in [0.25, 0.3) is 0 Å². The number of aromatic nitrogens is 1. The minimum Gasteiger partial charge on any atom is -0.309 e. The van der Waals surface area contributed by atoms with Crippen molar-refractivity contribution in [2.24, 2.45) is 0 Å². The summed E-state index contributed by atoms with van der Waals surface area (Å²) in [6.07, 6.45) is 1.51. The molecule has 0 bridgehead atoms. The number of rotatable bonds is 5. The lowest BCUT2D eigenvalue weighted by atomic mass is 10.2. The van der Waals surface area contributed by atoms with Crippen LogP contribution in [0.2, 0.25) is 5.02 Å². The fraction of sp³-hybridized carbons (Fsp3) is 0.250. The normalized spacial score (nSPS) is 12.2. The van der Waals surface area contributed by atoms with Crippen molar-refractivity contribution in [3.05, 3.63) is 59.2 Å². The third-order valence-corrected chi connectivity index (χ3v) is 3.52. The Morgan fingerprint density at radius 2 is 2.00 bits per heavy atom. The molecule has 0 aliphatic rings. The van der Waals surface area contributed by atoms with Crippen molar-refractivity contribution in [1.82, 2.24) is 9.88 Å². The highest BCUT2D eigenvalue weighted by molar-refractivity contribution is 6.30. The van der Waals surface area contributed by atoms with Crippen LogP contribution in [0.3, 0.4) is 0 Å². The highest BCUT2D eigenvalue weighted by atomic mass is 35.5. The highest BCUT2D eigenvalue weighted by Crippen LogP contribution is 2.11. The summed E-state index contributed by atoms with van der Waals surface area (Å²) < 4.78 is 0. The Morgan fingerprint density at radius 1 is 1.29 bits per heavy atom. The molecule has 0 aliphatic heterocycles. The zero-order valence-corrected chi connectivity index (χ0v) is 12.8. The van der Waals surface area contributed by atoms with Crippen molar-refractivity contribution in [2.45, 2.75) is 19.5 Å². The maximum Gasteiger partial charge on any atom is 0.242 e. The Bertz CT molecular complexity index is 586.